The summed E-state index contributed by atoms with van der Waals surface area (Å²) in [5.41, 5.74) is 5.10. The molecule has 5 heteroatoms. The number of ether oxygens (including phenoxy) is 1. The third-order valence-corrected chi connectivity index (χ3v) is 5.45. The van der Waals surface area contributed by atoms with Gasteiger partial charge in [-0.05, 0) is 34.2 Å². The Balaban J connectivity index is 1.37. The summed E-state index contributed by atoms with van der Waals surface area (Å²) in [5, 5.41) is 11.4. The van der Waals surface area contributed by atoms with Crippen LogP contribution in [0.25, 0.3) is 6.08 Å². The van der Waals surface area contributed by atoms with Crippen molar-refractivity contribution in [1.82, 2.24) is 5.32 Å². The van der Waals surface area contributed by atoms with Crippen LogP contribution in [0.3, 0.4) is 0 Å². The Morgan fingerprint density at radius 2 is 1.61 bits per heavy atom. The molecule has 1 amide bonds. The number of carbonyl (C=O) groups is 1. The molecule has 0 saturated carbocycles. The van der Waals surface area contributed by atoms with Crippen molar-refractivity contribution >= 4 is 23.6 Å². The van der Waals surface area contributed by atoms with Gasteiger partial charge in [-0.15, -0.1) is 5.10 Å². The van der Waals surface area contributed by atoms with Crippen LogP contribution in [0.4, 0.5) is 0 Å². The van der Waals surface area contributed by atoms with E-state index in [1.807, 2.05) is 78.9 Å². The SMILES string of the molecule is CC(C)c1ccc(/C=C/NC(=O)COC2=NN=C(c3ccccc3)C2c2ccccc2)cc1. The predicted molar refractivity (Wildman–Crippen MR) is 133 cm³/mol. The van der Waals surface area contributed by atoms with E-state index < -0.39 is 0 Å². The van der Waals surface area contributed by atoms with Crippen LogP contribution in [0.15, 0.2) is 101 Å². The Kier molecular flexibility index (Phi) is 7.10. The first kappa shape index (κ1) is 22.2. The highest BCUT2D eigenvalue weighted by Gasteiger charge is 2.31. The van der Waals surface area contributed by atoms with Crippen molar-refractivity contribution in [2.24, 2.45) is 10.2 Å². The van der Waals surface area contributed by atoms with E-state index in [0.717, 1.165) is 22.4 Å². The van der Waals surface area contributed by atoms with E-state index in [1.54, 1.807) is 6.20 Å². The van der Waals surface area contributed by atoms with Crippen LogP contribution in [-0.4, -0.2) is 24.1 Å². The average molecular weight is 438 g/mol. The number of carbonyl (C=O) groups excluding carboxylic acids is 1. The number of nitrogens with zero attached hydrogens (tertiary/aromatic N) is 2. The zero-order valence-electron chi connectivity index (χ0n) is 18.8. The van der Waals surface area contributed by atoms with Crippen molar-refractivity contribution in [1.29, 1.82) is 0 Å². The van der Waals surface area contributed by atoms with Gasteiger partial charge in [-0.3, -0.25) is 4.79 Å². The lowest BCUT2D eigenvalue weighted by molar-refractivity contribution is -0.122. The lowest BCUT2D eigenvalue weighted by Crippen LogP contribution is -2.28. The van der Waals surface area contributed by atoms with Crippen LogP contribution >= 0.6 is 0 Å². The van der Waals surface area contributed by atoms with Crippen LogP contribution < -0.4 is 5.32 Å². The Hall–Kier alpha value is -3.99. The third-order valence-electron chi connectivity index (χ3n) is 5.45. The van der Waals surface area contributed by atoms with Crippen molar-refractivity contribution in [3.63, 3.8) is 0 Å². The lowest BCUT2D eigenvalue weighted by Gasteiger charge is -2.16. The van der Waals surface area contributed by atoms with Gasteiger partial charge in [0.2, 0.25) is 5.90 Å². The van der Waals surface area contributed by atoms with E-state index in [9.17, 15) is 4.79 Å². The zero-order valence-corrected chi connectivity index (χ0v) is 18.8. The maximum atomic E-state index is 12.3. The molecule has 1 aliphatic heterocycles. The summed E-state index contributed by atoms with van der Waals surface area (Å²) in [6.45, 7) is 4.18. The van der Waals surface area contributed by atoms with Crippen molar-refractivity contribution in [2.75, 3.05) is 6.61 Å². The minimum absolute atomic E-state index is 0.142. The van der Waals surface area contributed by atoms with Gasteiger partial charge >= 0.3 is 0 Å². The quantitative estimate of drug-likeness (QED) is 0.529. The van der Waals surface area contributed by atoms with Crippen LogP contribution in [0, 0.1) is 0 Å². The summed E-state index contributed by atoms with van der Waals surface area (Å²) >= 11 is 0. The summed E-state index contributed by atoms with van der Waals surface area (Å²) in [6.07, 6.45) is 3.49. The fourth-order valence-corrected chi connectivity index (χ4v) is 3.63. The molecule has 0 fully saturated rings. The molecule has 1 heterocycles. The summed E-state index contributed by atoms with van der Waals surface area (Å²) in [7, 11) is 0. The number of benzene rings is 3. The molecule has 1 N–H and O–H groups in total. The molecule has 33 heavy (non-hydrogen) atoms. The molecule has 3 aromatic carbocycles. The van der Waals surface area contributed by atoms with Crippen molar-refractivity contribution in [3.8, 4) is 0 Å². The molecule has 0 aliphatic carbocycles. The van der Waals surface area contributed by atoms with Crippen molar-refractivity contribution < 1.29 is 9.53 Å². The van der Waals surface area contributed by atoms with Gasteiger partial charge in [0.05, 0.1) is 5.71 Å². The first-order valence-corrected chi connectivity index (χ1v) is 11.1. The molecule has 1 atom stereocenters. The molecular weight excluding hydrogens is 410 g/mol. The van der Waals surface area contributed by atoms with Gasteiger partial charge in [0, 0.05) is 6.20 Å². The molecule has 0 saturated heterocycles. The number of rotatable bonds is 7. The molecule has 0 radical (unpaired) electrons. The molecule has 166 valence electrons. The van der Waals surface area contributed by atoms with Gasteiger partial charge < -0.3 is 10.1 Å². The van der Waals surface area contributed by atoms with Crippen LogP contribution in [0.5, 0.6) is 0 Å². The second kappa shape index (κ2) is 10.6. The largest absolute Gasteiger partial charge is 0.469 e. The van der Waals surface area contributed by atoms with E-state index in [0.29, 0.717) is 11.8 Å². The Bertz CT molecular complexity index is 1160. The Morgan fingerprint density at radius 3 is 2.27 bits per heavy atom. The molecule has 0 spiro atoms. The van der Waals surface area contributed by atoms with Crippen molar-refractivity contribution in [2.45, 2.75) is 25.7 Å². The van der Waals surface area contributed by atoms with Gasteiger partial charge in [0.15, 0.2) is 6.61 Å². The maximum absolute atomic E-state index is 12.3. The molecule has 3 aromatic rings. The first-order valence-electron chi connectivity index (χ1n) is 11.1. The standard InChI is InChI=1S/C28H27N3O2/c1-20(2)22-15-13-21(14-16-22)17-18-29-25(32)19-33-28-26(23-9-5-3-6-10-23)27(30-31-28)24-11-7-4-8-12-24/h3-18,20,26H,19H2,1-2H3,(H,29,32)/b18-17+. The Labute approximate surface area is 194 Å². The second-order valence-corrected chi connectivity index (χ2v) is 8.14. The molecule has 1 unspecified atom stereocenters. The summed E-state index contributed by atoms with van der Waals surface area (Å²) in [4.78, 5) is 12.3. The highest BCUT2D eigenvalue weighted by Crippen LogP contribution is 2.28. The number of amides is 1. The lowest BCUT2D eigenvalue weighted by atomic mass is 9.90. The van der Waals surface area contributed by atoms with Gasteiger partial charge in [-0.25, -0.2) is 0 Å². The topological polar surface area (TPSA) is 63.0 Å². The van der Waals surface area contributed by atoms with E-state index in [2.05, 4.69) is 41.5 Å². The highest BCUT2D eigenvalue weighted by molar-refractivity contribution is 6.19. The van der Waals surface area contributed by atoms with Gasteiger partial charge in [0.25, 0.3) is 5.91 Å². The summed E-state index contributed by atoms with van der Waals surface area (Å²) in [5.74, 6) is 0.400. The van der Waals surface area contributed by atoms with E-state index in [4.69, 9.17) is 4.74 Å². The number of hydrogen-bond acceptors (Lipinski definition) is 4. The fourth-order valence-electron chi connectivity index (χ4n) is 3.63. The van der Waals surface area contributed by atoms with Crippen LogP contribution in [-0.2, 0) is 9.53 Å². The molecular formula is C28H27N3O2. The second-order valence-electron chi connectivity index (χ2n) is 8.14. The zero-order chi connectivity index (χ0) is 23.0. The summed E-state index contributed by atoms with van der Waals surface area (Å²) in [6, 6.07) is 28.1. The van der Waals surface area contributed by atoms with Gasteiger partial charge in [-0.1, -0.05) is 98.8 Å². The van der Waals surface area contributed by atoms with E-state index in [-0.39, 0.29) is 18.4 Å². The number of nitrogens with one attached hydrogen (secondary N) is 1. The number of hydrogen-bond donors (Lipinski definition) is 1. The molecule has 4 rings (SSSR count). The normalized spacial score (nSPS) is 15.4. The third kappa shape index (κ3) is 5.63. The smallest absolute Gasteiger partial charge is 0.261 e. The predicted octanol–water partition coefficient (Wildman–Crippen LogP) is 5.51. The monoisotopic (exact) mass is 437 g/mol. The van der Waals surface area contributed by atoms with E-state index >= 15 is 0 Å². The summed E-state index contributed by atoms with van der Waals surface area (Å²) < 4.78 is 5.82. The van der Waals surface area contributed by atoms with Crippen LogP contribution in [0.1, 0.15) is 47.9 Å². The fraction of sp³-hybridized carbons (Fsp3) is 0.179. The average Bonchev–Trinajstić information content (AvgIpc) is 3.28. The molecule has 0 aromatic heterocycles. The van der Waals surface area contributed by atoms with Crippen molar-refractivity contribution in [3.05, 3.63) is 113 Å². The molecule has 1 aliphatic rings. The maximum Gasteiger partial charge on any atom is 0.261 e. The van der Waals surface area contributed by atoms with E-state index in [1.165, 1.54) is 5.56 Å². The minimum atomic E-state index is -0.257. The highest BCUT2D eigenvalue weighted by atomic mass is 16.5. The van der Waals surface area contributed by atoms with Gasteiger partial charge in [0.1, 0.15) is 5.92 Å². The molecule has 0 bridgehead atoms. The first-order chi connectivity index (χ1) is 16.1. The molecule has 5 nitrogen and oxygen atoms in total. The van der Waals surface area contributed by atoms with Crippen LogP contribution in [0.2, 0.25) is 0 Å². The minimum Gasteiger partial charge on any atom is -0.469 e. The Morgan fingerprint density at radius 1 is 0.939 bits per heavy atom. The van der Waals surface area contributed by atoms with Gasteiger partial charge in [-0.2, -0.15) is 5.10 Å².